The van der Waals surface area contributed by atoms with Crippen molar-refractivity contribution in [3.63, 3.8) is 0 Å². The Morgan fingerprint density at radius 3 is 2.15 bits per heavy atom. The van der Waals surface area contributed by atoms with Gasteiger partial charge < -0.3 is 9.47 Å². The summed E-state index contributed by atoms with van der Waals surface area (Å²) in [7, 11) is 1.15. The molecule has 0 unspecified atom stereocenters. The predicted molar refractivity (Wildman–Crippen MR) is 47.0 cm³/mol. The van der Waals surface area contributed by atoms with Crippen molar-refractivity contribution >= 4 is 11.8 Å². The van der Waals surface area contributed by atoms with E-state index >= 15 is 0 Å². The summed E-state index contributed by atoms with van der Waals surface area (Å²) in [5.74, 6) is -1.62. The summed E-state index contributed by atoms with van der Waals surface area (Å²) in [6.07, 6.45) is 2.23. The maximum atomic E-state index is 10.8. The number of ether oxygens (including phenoxy) is 2. The quantitative estimate of drug-likeness (QED) is 0.286. The largest absolute Gasteiger partial charge is 0.496 e. The summed E-state index contributed by atoms with van der Waals surface area (Å²) >= 11 is 0. The van der Waals surface area contributed by atoms with Crippen LogP contribution in [-0.4, -0.2) is 24.5 Å². The molecule has 0 radical (unpaired) electrons. The lowest BCUT2D eigenvalue weighted by molar-refractivity contribution is -0.149. The van der Waals surface area contributed by atoms with Gasteiger partial charge in [0.25, 0.3) is 5.78 Å². The number of methoxy groups -OCH3 is 1. The van der Waals surface area contributed by atoms with Crippen LogP contribution in [0.1, 0.15) is 20.8 Å². The van der Waals surface area contributed by atoms with E-state index in [2.05, 4.69) is 4.74 Å². The van der Waals surface area contributed by atoms with E-state index in [4.69, 9.17) is 4.74 Å². The molecule has 13 heavy (non-hydrogen) atoms. The first-order valence-corrected chi connectivity index (χ1v) is 3.83. The molecule has 0 aromatic carbocycles. The Morgan fingerprint density at radius 2 is 1.77 bits per heavy atom. The lowest BCUT2D eigenvalue weighted by Crippen LogP contribution is -2.17. The molecule has 0 aromatic heterocycles. The average Bonchev–Trinajstić information content (AvgIpc) is 2.00. The smallest absolute Gasteiger partial charge is 0.378 e. The van der Waals surface area contributed by atoms with Gasteiger partial charge in [0.05, 0.1) is 19.0 Å². The first-order chi connectivity index (χ1) is 5.87. The van der Waals surface area contributed by atoms with Crippen LogP contribution in [-0.2, 0) is 19.1 Å². The first-order valence-electron chi connectivity index (χ1n) is 3.83. The van der Waals surface area contributed by atoms with Gasteiger partial charge in [0, 0.05) is 6.08 Å². The van der Waals surface area contributed by atoms with Gasteiger partial charge in [0.1, 0.15) is 0 Å². The van der Waals surface area contributed by atoms with Crippen molar-refractivity contribution in [1.29, 1.82) is 0 Å². The van der Waals surface area contributed by atoms with Crippen molar-refractivity contribution < 1.29 is 19.1 Å². The topological polar surface area (TPSA) is 52.6 Å². The molecular weight excluding hydrogens is 172 g/mol. The second-order valence-electron chi connectivity index (χ2n) is 3.39. The number of hydrogen-bond donors (Lipinski definition) is 0. The van der Waals surface area contributed by atoms with Gasteiger partial charge in [-0.1, -0.05) is 0 Å². The molecule has 0 aliphatic heterocycles. The fourth-order valence-corrected chi connectivity index (χ4v) is 0.469. The zero-order chi connectivity index (χ0) is 10.5. The van der Waals surface area contributed by atoms with Crippen LogP contribution in [0.3, 0.4) is 0 Å². The second kappa shape index (κ2) is 4.64. The van der Waals surface area contributed by atoms with Gasteiger partial charge >= 0.3 is 5.97 Å². The van der Waals surface area contributed by atoms with Gasteiger partial charge in [0.15, 0.2) is 0 Å². The minimum Gasteiger partial charge on any atom is -0.496 e. The van der Waals surface area contributed by atoms with Gasteiger partial charge in [-0.2, -0.15) is 0 Å². The standard InChI is InChI=1S/C9H14O4/c1-9(2,3)13-6-5-7(10)8(11)12-4/h5-6H,1-4H3/b6-5+. The van der Waals surface area contributed by atoms with Crippen LogP contribution in [0.25, 0.3) is 0 Å². The third-order valence-corrected chi connectivity index (χ3v) is 1.03. The molecule has 0 aromatic rings. The Labute approximate surface area is 77.5 Å². The van der Waals surface area contributed by atoms with E-state index in [1.165, 1.54) is 6.26 Å². The number of carbonyl (C=O) groups excluding carboxylic acids is 2. The van der Waals surface area contributed by atoms with Crippen LogP contribution in [0.4, 0.5) is 0 Å². The highest BCUT2D eigenvalue weighted by molar-refractivity contribution is 6.38. The lowest BCUT2D eigenvalue weighted by atomic mass is 10.2. The number of ketones is 1. The van der Waals surface area contributed by atoms with E-state index in [0.29, 0.717) is 0 Å². The zero-order valence-electron chi connectivity index (χ0n) is 8.29. The van der Waals surface area contributed by atoms with E-state index in [0.717, 1.165) is 13.2 Å². The second-order valence-corrected chi connectivity index (χ2v) is 3.39. The van der Waals surface area contributed by atoms with Gasteiger partial charge in [-0.05, 0) is 20.8 Å². The SMILES string of the molecule is COC(=O)C(=O)/C=C/OC(C)(C)C. The molecule has 4 heteroatoms. The molecule has 74 valence electrons. The molecule has 0 fully saturated rings. The van der Waals surface area contributed by atoms with Crippen LogP contribution in [0.2, 0.25) is 0 Å². The molecule has 0 N–H and O–H groups in total. The van der Waals surface area contributed by atoms with Gasteiger partial charge in [-0.25, -0.2) is 4.79 Å². The minimum atomic E-state index is -0.895. The normalized spacial score (nSPS) is 11.4. The Bertz CT molecular complexity index is 222. The molecule has 0 saturated heterocycles. The molecule has 0 rings (SSSR count). The van der Waals surface area contributed by atoms with Crippen LogP contribution < -0.4 is 0 Å². The van der Waals surface area contributed by atoms with E-state index in [-0.39, 0.29) is 5.60 Å². The molecular formula is C9H14O4. The fraction of sp³-hybridized carbons (Fsp3) is 0.556. The summed E-state index contributed by atoms with van der Waals surface area (Å²) in [5, 5.41) is 0. The Balaban J connectivity index is 4.00. The molecule has 4 nitrogen and oxygen atoms in total. The molecule has 0 aliphatic rings. The van der Waals surface area contributed by atoms with Crippen LogP contribution in [0, 0.1) is 0 Å². The monoisotopic (exact) mass is 186 g/mol. The van der Waals surface area contributed by atoms with Crippen molar-refractivity contribution in [3.05, 3.63) is 12.3 Å². The first kappa shape index (κ1) is 11.7. The molecule has 0 heterocycles. The third-order valence-electron chi connectivity index (χ3n) is 1.03. The molecule has 0 spiro atoms. The number of hydrogen-bond acceptors (Lipinski definition) is 4. The highest BCUT2D eigenvalue weighted by atomic mass is 16.5. The van der Waals surface area contributed by atoms with E-state index in [9.17, 15) is 9.59 Å². The maximum Gasteiger partial charge on any atom is 0.378 e. The summed E-state index contributed by atoms with van der Waals surface area (Å²) in [6, 6.07) is 0. The summed E-state index contributed by atoms with van der Waals surface area (Å²) < 4.78 is 9.28. The van der Waals surface area contributed by atoms with Crippen LogP contribution in [0.15, 0.2) is 12.3 Å². The minimum absolute atomic E-state index is 0.368. The Hall–Kier alpha value is -1.32. The van der Waals surface area contributed by atoms with Crippen LogP contribution in [0.5, 0.6) is 0 Å². The number of esters is 1. The van der Waals surface area contributed by atoms with E-state index < -0.39 is 11.8 Å². The molecule has 0 aliphatic carbocycles. The predicted octanol–water partition coefficient (Wildman–Crippen LogP) is 1.06. The molecule has 0 bridgehead atoms. The summed E-state index contributed by atoms with van der Waals surface area (Å²) in [6.45, 7) is 5.50. The van der Waals surface area contributed by atoms with E-state index in [1.54, 1.807) is 0 Å². The van der Waals surface area contributed by atoms with Crippen molar-refractivity contribution in [2.45, 2.75) is 26.4 Å². The van der Waals surface area contributed by atoms with Gasteiger partial charge in [-0.3, -0.25) is 4.79 Å². The highest BCUT2D eigenvalue weighted by Gasteiger charge is 2.11. The summed E-state index contributed by atoms with van der Waals surface area (Å²) in [5.41, 5.74) is -0.368. The third kappa shape index (κ3) is 5.90. The number of carbonyl (C=O) groups is 2. The highest BCUT2D eigenvalue weighted by Crippen LogP contribution is 2.06. The Kier molecular flexibility index (Phi) is 4.17. The zero-order valence-corrected chi connectivity index (χ0v) is 8.29. The van der Waals surface area contributed by atoms with Crippen LogP contribution >= 0.6 is 0 Å². The van der Waals surface area contributed by atoms with Crippen molar-refractivity contribution in [2.75, 3.05) is 7.11 Å². The Morgan fingerprint density at radius 1 is 1.23 bits per heavy atom. The fourth-order valence-electron chi connectivity index (χ4n) is 0.469. The van der Waals surface area contributed by atoms with Gasteiger partial charge in [-0.15, -0.1) is 0 Å². The molecule has 0 atom stereocenters. The lowest BCUT2D eigenvalue weighted by Gasteiger charge is -2.17. The van der Waals surface area contributed by atoms with Gasteiger partial charge in [0.2, 0.25) is 0 Å². The van der Waals surface area contributed by atoms with Crippen molar-refractivity contribution in [3.8, 4) is 0 Å². The summed E-state index contributed by atoms with van der Waals surface area (Å²) in [4.78, 5) is 21.4. The van der Waals surface area contributed by atoms with Crippen molar-refractivity contribution in [1.82, 2.24) is 0 Å². The van der Waals surface area contributed by atoms with E-state index in [1.807, 2.05) is 20.8 Å². The number of rotatable bonds is 3. The van der Waals surface area contributed by atoms with Crippen molar-refractivity contribution in [2.24, 2.45) is 0 Å². The maximum absolute atomic E-state index is 10.8. The molecule has 0 saturated carbocycles. The molecule has 0 amide bonds. The average molecular weight is 186 g/mol.